The lowest BCUT2D eigenvalue weighted by molar-refractivity contribution is 0.0424. The Hall–Kier alpha value is -0.940. The fourth-order valence-electron chi connectivity index (χ4n) is 2.66. The third kappa shape index (κ3) is 3.29. The molecule has 3 N–H and O–H groups in total. The van der Waals surface area contributed by atoms with E-state index in [2.05, 4.69) is 17.0 Å². The van der Waals surface area contributed by atoms with Crippen LogP contribution in [0.4, 0.5) is 0 Å². The van der Waals surface area contributed by atoms with Gasteiger partial charge in [0.05, 0.1) is 12.7 Å². The molecule has 0 amide bonds. The second kappa shape index (κ2) is 6.29. The first-order valence-electron chi connectivity index (χ1n) is 6.40. The van der Waals surface area contributed by atoms with Gasteiger partial charge in [-0.15, -0.1) is 0 Å². The maximum Gasteiger partial charge on any atom is 0.0900 e. The van der Waals surface area contributed by atoms with E-state index < -0.39 is 6.10 Å². The first-order chi connectivity index (χ1) is 8.70. The van der Waals surface area contributed by atoms with Gasteiger partial charge in [-0.05, 0) is 5.56 Å². The maximum atomic E-state index is 9.75. The molecule has 1 aromatic rings. The van der Waals surface area contributed by atoms with Crippen LogP contribution in [-0.4, -0.2) is 55.5 Å². The van der Waals surface area contributed by atoms with E-state index in [0.29, 0.717) is 19.1 Å². The Morgan fingerprint density at radius 3 is 2.78 bits per heavy atom. The van der Waals surface area contributed by atoms with E-state index in [1.807, 2.05) is 18.2 Å². The van der Waals surface area contributed by atoms with Gasteiger partial charge in [-0.2, -0.15) is 0 Å². The predicted octanol–water partition coefficient (Wildman–Crippen LogP) is 0.420. The fourth-order valence-corrected chi connectivity index (χ4v) is 2.66. The van der Waals surface area contributed by atoms with Crippen LogP contribution in [0.15, 0.2) is 30.3 Å². The van der Waals surface area contributed by atoms with Gasteiger partial charge < -0.3 is 15.6 Å². The molecule has 1 saturated heterocycles. The second-order valence-electron chi connectivity index (χ2n) is 5.01. The molecule has 100 valence electrons. The Morgan fingerprint density at radius 2 is 2.11 bits per heavy atom. The van der Waals surface area contributed by atoms with Gasteiger partial charge in [0, 0.05) is 38.7 Å². The molecule has 3 atom stereocenters. The summed E-state index contributed by atoms with van der Waals surface area (Å²) in [6.07, 6.45) is -0.434. The van der Waals surface area contributed by atoms with Crippen molar-refractivity contribution < 1.29 is 9.84 Å². The molecule has 0 spiro atoms. The molecule has 0 aromatic heterocycles. The summed E-state index contributed by atoms with van der Waals surface area (Å²) in [4.78, 5) is 2.21. The van der Waals surface area contributed by atoms with E-state index in [9.17, 15) is 5.11 Å². The molecule has 3 unspecified atom stereocenters. The average Bonchev–Trinajstić information content (AvgIpc) is 2.71. The Kier molecular flexibility index (Phi) is 4.72. The van der Waals surface area contributed by atoms with E-state index in [0.717, 1.165) is 13.1 Å². The largest absolute Gasteiger partial charge is 0.389 e. The van der Waals surface area contributed by atoms with Crippen molar-refractivity contribution in [2.24, 2.45) is 5.73 Å². The smallest absolute Gasteiger partial charge is 0.0900 e. The highest BCUT2D eigenvalue weighted by Crippen LogP contribution is 2.26. The van der Waals surface area contributed by atoms with Crippen LogP contribution in [0.1, 0.15) is 11.5 Å². The van der Waals surface area contributed by atoms with Gasteiger partial charge in [-0.25, -0.2) is 0 Å². The molecular weight excluding hydrogens is 228 g/mol. The van der Waals surface area contributed by atoms with E-state index in [-0.39, 0.29) is 6.04 Å². The molecule has 1 fully saturated rings. The number of hydrogen-bond acceptors (Lipinski definition) is 4. The van der Waals surface area contributed by atoms with Crippen molar-refractivity contribution in [2.75, 3.05) is 33.4 Å². The number of nitrogens with zero attached hydrogens (tertiary/aromatic N) is 1. The lowest BCUT2D eigenvalue weighted by Gasteiger charge is -2.19. The summed E-state index contributed by atoms with van der Waals surface area (Å²) in [5.41, 5.74) is 7.48. The van der Waals surface area contributed by atoms with Crippen molar-refractivity contribution in [3.05, 3.63) is 35.9 Å². The molecule has 1 aliphatic heterocycles. The minimum absolute atomic E-state index is 0.141. The average molecular weight is 250 g/mol. The minimum Gasteiger partial charge on any atom is -0.389 e. The highest BCUT2D eigenvalue weighted by atomic mass is 16.5. The standard InChI is InChI=1S/C14H22N2O2/c1-18-10-12(17)7-16-8-13(14(15)9-16)11-5-3-2-4-6-11/h2-6,12-14,17H,7-10,15H2,1H3. The summed E-state index contributed by atoms with van der Waals surface area (Å²) in [5.74, 6) is 0.362. The molecule has 2 rings (SSSR count). The number of rotatable bonds is 5. The number of benzene rings is 1. The molecule has 0 aliphatic carbocycles. The molecule has 1 aliphatic rings. The SMILES string of the molecule is COCC(O)CN1CC(N)C(c2ccccc2)C1. The Morgan fingerprint density at radius 1 is 1.39 bits per heavy atom. The van der Waals surface area contributed by atoms with Crippen LogP contribution in [-0.2, 0) is 4.74 Å². The van der Waals surface area contributed by atoms with Crippen molar-refractivity contribution in [2.45, 2.75) is 18.1 Å². The molecule has 0 saturated carbocycles. The molecule has 4 nitrogen and oxygen atoms in total. The van der Waals surface area contributed by atoms with Crippen LogP contribution < -0.4 is 5.73 Å². The number of ether oxygens (including phenoxy) is 1. The van der Waals surface area contributed by atoms with Crippen molar-refractivity contribution in [1.82, 2.24) is 4.90 Å². The Bertz CT molecular complexity index is 358. The number of hydrogen-bond donors (Lipinski definition) is 2. The first-order valence-corrected chi connectivity index (χ1v) is 6.40. The first kappa shape index (κ1) is 13.5. The van der Waals surface area contributed by atoms with Gasteiger partial charge in [0.25, 0.3) is 0 Å². The lowest BCUT2D eigenvalue weighted by atomic mass is 9.95. The van der Waals surface area contributed by atoms with Gasteiger partial charge in [-0.1, -0.05) is 30.3 Å². The van der Waals surface area contributed by atoms with E-state index in [1.54, 1.807) is 7.11 Å². The summed E-state index contributed by atoms with van der Waals surface area (Å²) in [5, 5.41) is 9.75. The lowest BCUT2D eigenvalue weighted by Crippen LogP contribution is -2.35. The topological polar surface area (TPSA) is 58.7 Å². The molecule has 4 heteroatoms. The van der Waals surface area contributed by atoms with Crippen LogP contribution in [0.2, 0.25) is 0 Å². The highest BCUT2D eigenvalue weighted by Gasteiger charge is 2.31. The molecule has 0 radical (unpaired) electrons. The summed E-state index contributed by atoms with van der Waals surface area (Å²) < 4.78 is 4.94. The number of nitrogens with two attached hydrogens (primary N) is 1. The normalized spacial score (nSPS) is 26.4. The van der Waals surface area contributed by atoms with Gasteiger partial charge in [0.2, 0.25) is 0 Å². The number of aliphatic hydroxyl groups is 1. The van der Waals surface area contributed by atoms with Crippen LogP contribution in [0, 0.1) is 0 Å². The highest BCUT2D eigenvalue weighted by molar-refractivity contribution is 5.23. The zero-order chi connectivity index (χ0) is 13.0. The van der Waals surface area contributed by atoms with Gasteiger partial charge in [0.15, 0.2) is 0 Å². The van der Waals surface area contributed by atoms with Crippen molar-refractivity contribution in [1.29, 1.82) is 0 Å². The zero-order valence-electron chi connectivity index (χ0n) is 10.8. The number of aliphatic hydroxyl groups excluding tert-OH is 1. The van der Waals surface area contributed by atoms with Gasteiger partial charge in [0.1, 0.15) is 0 Å². The maximum absolute atomic E-state index is 9.75. The predicted molar refractivity (Wildman–Crippen MR) is 71.5 cm³/mol. The summed E-state index contributed by atoms with van der Waals surface area (Å²) in [7, 11) is 1.60. The van der Waals surface area contributed by atoms with Gasteiger partial charge in [-0.3, -0.25) is 4.90 Å². The Balaban J connectivity index is 1.93. The van der Waals surface area contributed by atoms with Crippen LogP contribution >= 0.6 is 0 Å². The van der Waals surface area contributed by atoms with Crippen LogP contribution in [0.3, 0.4) is 0 Å². The Labute approximate surface area is 108 Å². The van der Waals surface area contributed by atoms with Crippen molar-refractivity contribution in [3.8, 4) is 0 Å². The molecule has 18 heavy (non-hydrogen) atoms. The number of β-amino-alcohol motifs (C(OH)–C–C–N with tert-alkyl or cyclic N) is 1. The second-order valence-corrected chi connectivity index (χ2v) is 5.01. The van der Waals surface area contributed by atoms with E-state index >= 15 is 0 Å². The molecule has 1 heterocycles. The fraction of sp³-hybridized carbons (Fsp3) is 0.571. The van der Waals surface area contributed by atoms with E-state index in [1.165, 1.54) is 5.56 Å². The summed E-state index contributed by atoms with van der Waals surface area (Å²) in [6.45, 7) is 2.75. The quantitative estimate of drug-likeness (QED) is 0.795. The van der Waals surface area contributed by atoms with Crippen molar-refractivity contribution in [3.63, 3.8) is 0 Å². The summed E-state index contributed by atoms with van der Waals surface area (Å²) >= 11 is 0. The van der Waals surface area contributed by atoms with Gasteiger partial charge >= 0.3 is 0 Å². The molecular formula is C14H22N2O2. The van der Waals surface area contributed by atoms with E-state index in [4.69, 9.17) is 10.5 Å². The zero-order valence-corrected chi connectivity index (χ0v) is 10.8. The number of likely N-dealkylation sites (tertiary alicyclic amines) is 1. The van der Waals surface area contributed by atoms with Crippen LogP contribution in [0.5, 0.6) is 0 Å². The monoisotopic (exact) mass is 250 g/mol. The molecule has 1 aromatic carbocycles. The third-order valence-electron chi connectivity index (χ3n) is 3.50. The minimum atomic E-state index is -0.434. The summed E-state index contributed by atoms with van der Waals surface area (Å²) in [6, 6.07) is 10.5. The third-order valence-corrected chi connectivity index (χ3v) is 3.50. The number of methoxy groups -OCH3 is 1. The van der Waals surface area contributed by atoms with Crippen LogP contribution in [0.25, 0.3) is 0 Å². The molecule has 0 bridgehead atoms. The van der Waals surface area contributed by atoms with Crippen molar-refractivity contribution >= 4 is 0 Å².